The Morgan fingerprint density at radius 1 is 1.44 bits per heavy atom. The third-order valence-corrected chi connectivity index (χ3v) is 3.42. The maximum absolute atomic E-state index is 6.07. The monoisotopic (exact) mass is 252 g/mol. The molecule has 4 heteroatoms. The van der Waals surface area contributed by atoms with E-state index in [4.69, 9.17) is 5.73 Å². The van der Waals surface area contributed by atoms with Crippen LogP contribution in [0, 0.1) is 12.8 Å². The number of rotatable bonds is 7. The molecule has 2 N–H and O–H groups in total. The van der Waals surface area contributed by atoms with Crippen LogP contribution in [0.15, 0.2) is 6.07 Å². The van der Waals surface area contributed by atoms with Gasteiger partial charge in [-0.15, -0.1) is 0 Å². The number of aromatic nitrogens is 2. The summed E-state index contributed by atoms with van der Waals surface area (Å²) in [7, 11) is 2.15. The molecule has 4 nitrogen and oxygen atoms in total. The standard InChI is InChI=1S/C14H28N4/c1-6-18-13(9-12(4)16-18)10-17(5)8-7-14(15)11(2)3/h9,11,14H,6-8,10,15H2,1-5H3. The molecule has 0 saturated carbocycles. The zero-order chi connectivity index (χ0) is 13.7. The van der Waals surface area contributed by atoms with Crippen molar-refractivity contribution in [3.63, 3.8) is 0 Å². The Hall–Kier alpha value is -0.870. The van der Waals surface area contributed by atoms with E-state index in [9.17, 15) is 0 Å². The van der Waals surface area contributed by atoms with E-state index in [0.29, 0.717) is 12.0 Å². The summed E-state index contributed by atoms with van der Waals surface area (Å²) in [5, 5.41) is 4.47. The largest absolute Gasteiger partial charge is 0.327 e. The predicted octanol–water partition coefficient (Wildman–Crippen LogP) is 2.02. The first-order valence-corrected chi connectivity index (χ1v) is 6.91. The number of nitrogens with zero attached hydrogens (tertiary/aromatic N) is 3. The number of aryl methyl sites for hydroxylation is 2. The molecule has 0 bridgehead atoms. The van der Waals surface area contributed by atoms with Gasteiger partial charge in [-0.1, -0.05) is 13.8 Å². The first-order chi connectivity index (χ1) is 8.43. The van der Waals surface area contributed by atoms with Gasteiger partial charge in [-0.25, -0.2) is 0 Å². The number of hydrogen-bond acceptors (Lipinski definition) is 3. The van der Waals surface area contributed by atoms with Crippen molar-refractivity contribution in [1.29, 1.82) is 0 Å². The van der Waals surface area contributed by atoms with Crippen molar-refractivity contribution < 1.29 is 0 Å². The van der Waals surface area contributed by atoms with Crippen molar-refractivity contribution in [3.05, 3.63) is 17.5 Å². The second-order valence-electron chi connectivity index (χ2n) is 5.53. The summed E-state index contributed by atoms with van der Waals surface area (Å²) in [4.78, 5) is 2.32. The fraction of sp³-hybridized carbons (Fsp3) is 0.786. The minimum absolute atomic E-state index is 0.297. The lowest BCUT2D eigenvalue weighted by Crippen LogP contribution is -2.32. The molecule has 18 heavy (non-hydrogen) atoms. The third-order valence-electron chi connectivity index (χ3n) is 3.42. The van der Waals surface area contributed by atoms with Crippen molar-refractivity contribution in [3.8, 4) is 0 Å². The van der Waals surface area contributed by atoms with Gasteiger partial charge in [0.2, 0.25) is 0 Å². The smallest absolute Gasteiger partial charge is 0.0597 e. The van der Waals surface area contributed by atoms with E-state index in [1.807, 2.05) is 6.92 Å². The van der Waals surface area contributed by atoms with Crippen LogP contribution in [0.2, 0.25) is 0 Å². The highest BCUT2D eigenvalue weighted by Crippen LogP contribution is 2.09. The van der Waals surface area contributed by atoms with E-state index in [2.05, 4.69) is 48.6 Å². The van der Waals surface area contributed by atoms with Crippen LogP contribution in [-0.4, -0.2) is 34.3 Å². The van der Waals surface area contributed by atoms with Gasteiger partial charge in [-0.05, 0) is 45.8 Å². The van der Waals surface area contributed by atoms with Crippen LogP contribution in [0.5, 0.6) is 0 Å². The summed E-state index contributed by atoms with van der Waals surface area (Å²) >= 11 is 0. The lowest BCUT2D eigenvalue weighted by molar-refractivity contribution is 0.288. The minimum Gasteiger partial charge on any atom is -0.327 e. The van der Waals surface area contributed by atoms with E-state index in [1.54, 1.807) is 0 Å². The predicted molar refractivity (Wildman–Crippen MR) is 76.4 cm³/mol. The summed E-state index contributed by atoms with van der Waals surface area (Å²) in [6.07, 6.45) is 1.05. The van der Waals surface area contributed by atoms with E-state index in [-0.39, 0.29) is 0 Å². The molecule has 1 rings (SSSR count). The second-order valence-corrected chi connectivity index (χ2v) is 5.53. The Morgan fingerprint density at radius 2 is 2.11 bits per heavy atom. The molecule has 0 amide bonds. The molecule has 1 aromatic heterocycles. The molecule has 0 aliphatic heterocycles. The quantitative estimate of drug-likeness (QED) is 0.807. The molecule has 0 radical (unpaired) electrons. The molecular weight excluding hydrogens is 224 g/mol. The van der Waals surface area contributed by atoms with Crippen LogP contribution >= 0.6 is 0 Å². The normalized spacial score (nSPS) is 13.6. The van der Waals surface area contributed by atoms with Gasteiger partial charge in [0, 0.05) is 19.1 Å². The van der Waals surface area contributed by atoms with Crippen molar-refractivity contribution >= 4 is 0 Å². The van der Waals surface area contributed by atoms with Crippen LogP contribution in [0.4, 0.5) is 0 Å². The molecule has 104 valence electrons. The van der Waals surface area contributed by atoms with E-state index in [0.717, 1.165) is 31.7 Å². The van der Waals surface area contributed by atoms with Crippen LogP contribution < -0.4 is 5.73 Å². The van der Waals surface area contributed by atoms with Crippen molar-refractivity contribution in [2.75, 3.05) is 13.6 Å². The zero-order valence-corrected chi connectivity index (χ0v) is 12.5. The Bertz CT molecular complexity index is 357. The highest BCUT2D eigenvalue weighted by molar-refractivity contribution is 5.08. The molecule has 1 atom stereocenters. The molecule has 1 aromatic rings. The summed E-state index contributed by atoms with van der Waals surface area (Å²) in [6.45, 7) is 11.4. The van der Waals surface area contributed by atoms with Gasteiger partial charge < -0.3 is 10.6 Å². The van der Waals surface area contributed by atoms with Gasteiger partial charge in [0.05, 0.1) is 11.4 Å². The fourth-order valence-electron chi connectivity index (χ4n) is 2.06. The number of nitrogens with two attached hydrogens (primary N) is 1. The molecule has 0 spiro atoms. The van der Waals surface area contributed by atoms with Crippen LogP contribution in [0.25, 0.3) is 0 Å². The molecule has 0 saturated heterocycles. The summed E-state index contributed by atoms with van der Waals surface area (Å²) in [5.41, 5.74) is 8.46. The van der Waals surface area contributed by atoms with Crippen LogP contribution in [-0.2, 0) is 13.1 Å². The Morgan fingerprint density at radius 3 is 2.67 bits per heavy atom. The summed E-state index contributed by atoms with van der Waals surface area (Å²) in [6, 6.07) is 2.47. The summed E-state index contributed by atoms with van der Waals surface area (Å²) < 4.78 is 2.08. The fourth-order valence-corrected chi connectivity index (χ4v) is 2.06. The third kappa shape index (κ3) is 4.42. The average molecular weight is 252 g/mol. The van der Waals surface area contributed by atoms with E-state index < -0.39 is 0 Å². The SMILES string of the molecule is CCn1nc(C)cc1CN(C)CCC(N)C(C)C. The van der Waals surface area contributed by atoms with Crippen LogP contribution in [0.1, 0.15) is 38.6 Å². The van der Waals surface area contributed by atoms with Crippen molar-refractivity contribution in [2.24, 2.45) is 11.7 Å². The van der Waals surface area contributed by atoms with Crippen molar-refractivity contribution in [1.82, 2.24) is 14.7 Å². The summed E-state index contributed by atoms with van der Waals surface area (Å²) in [5.74, 6) is 0.557. The second kappa shape index (κ2) is 6.90. The molecule has 0 aliphatic carbocycles. The average Bonchev–Trinajstić information content (AvgIpc) is 2.66. The first kappa shape index (κ1) is 15.2. The highest BCUT2D eigenvalue weighted by atomic mass is 15.3. The Balaban J connectivity index is 2.46. The van der Waals surface area contributed by atoms with Crippen LogP contribution in [0.3, 0.4) is 0 Å². The van der Waals surface area contributed by atoms with E-state index in [1.165, 1.54) is 5.69 Å². The molecular formula is C14H28N4. The van der Waals surface area contributed by atoms with Gasteiger partial charge in [0.1, 0.15) is 0 Å². The molecule has 0 aliphatic rings. The van der Waals surface area contributed by atoms with Gasteiger partial charge in [-0.2, -0.15) is 5.10 Å². The highest BCUT2D eigenvalue weighted by Gasteiger charge is 2.11. The lowest BCUT2D eigenvalue weighted by Gasteiger charge is -2.21. The number of hydrogen-bond donors (Lipinski definition) is 1. The molecule has 1 heterocycles. The first-order valence-electron chi connectivity index (χ1n) is 6.91. The maximum Gasteiger partial charge on any atom is 0.0597 e. The van der Waals surface area contributed by atoms with Gasteiger partial charge >= 0.3 is 0 Å². The Labute approximate surface area is 111 Å². The molecule has 0 aromatic carbocycles. The van der Waals surface area contributed by atoms with E-state index >= 15 is 0 Å². The molecule has 0 fully saturated rings. The minimum atomic E-state index is 0.297. The zero-order valence-electron chi connectivity index (χ0n) is 12.5. The van der Waals surface area contributed by atoms with Crippen molar-refractivity contribution in [2.45, 2.75) is 53.2 Å². The molecule has 1 unspecified atom stereocenters. The van der Waals surface area contributed by atoms with Gasteiger partial charge in [-0.3, -0.25) is 4.68 Å². The Kier molecular flexibility index (Phi) is 5.82. The lowest BCUT2D eigenvalue weighted by atomic mass is 10.0. The van der Waals surface area contributed by atoms with Gasteiger partial charge in [0.25, 0.3) is 0 Å². The maximum atomic E-state index is 6.07. The van der Waals surface area contributed by atoms with Gasteiger partial charge in [0.15, 0.2) is 0 Å². The topological polar surface area (TPSA) is 47.1 Å².